The highest BCUT2D eigenvalue weighted by Gasteiger charge is 2.36. The zero-order valence-electron chi connectivity index (χ0n) is 12.8. The van der Waals surface area contributed by atoms with Crippen LogP contribution in [-0.2, 0) is 4.79 Å². The van der Waals surface area contributed by atoms with Crippen molar-refractivity contribution in [1.29, 1.82) is 0 Å². The summed E-state index contributed by atoms with van der Waals surface area (Å²) in [4.78, 5) is 14.7. The van der Waals surface area contributed by atoms with Gasteiger partial charge in [-0.1, -0.05) is 12.8 Å². The number of nitrogen functional groups attached to an aromatic ring is 1. The van der Waals surface area contributed by atoms with E-state index in [2.05, 4.69) is 10.2 Å². The average Bonchev–Trinajstić information content (AvgIpc) is 2.85. The molecule has 3 N–H and O–H groups in total. The summed E-state index contributed by atoms with van der Waals surface area (Å²) in [6.45, 7) is 3.56. The average molecular weight is 287 g/mol. The number of hydrogen-bond donors (Lipinski definition) is 2. The third kappa shape index (κ3) is 3.21. The van der Waals surface area contributed by atoms with Crippen molar-refractivity contribution in [3.05, 3.63) is 23.8 Å². The molecule has 1 aliphatic carbocycles. The maximum atomic E-state index is 12.3. The van der Waals surface area contributed by atoms with Crippen molar-refractivity contribution in [1.82, 2.24) is 4.90 Å². The van der Waals surface area contributed by atoms with Crippen LogP contribution < -0.4 is 11.1 Å². The first-order valence-corrected chi connectivity index (χ1v) is 8.03. The molecule has 0 spiro atoms. The molecule has 4 nitrogen and oxygen atoms in total. The highest BCUT2D eigenvalue weighted by molar-refractivity contribution is 5.93. The summed E-state index contributed by atoms with van der Waals surface area (Å²) in [7, 11) is 0. The van der Waals surface area contributed by atoms with Crippen LogP contribution >= 0.6 is 0 Å². The van der Waals surface area contributed by atoms with Gasteiger partial charge < -0.3 is 11.1 Å². The summed E-state index contributed by atoms with van der Waals surface area (Å²) in [6.07, 6.45) is 6.56. The van der Waals surface area contributed by atoms with Crippen LogP contribution in [-0.4, -0.2) is 29.9 Å². The van der Waals surface area contributed by atoms with Crippen molar-refractivity contribution in [2.75, 3.05) is 24.1 Å². The van der Waals surface area contributed by atoms with E-state index in [4.69, 9.17) is 5.73 Å². The zero-order chi connectivity index (χ0) is 14.8. The second kappa shape index (κ2) is 6.06. The predicted octanol–water partition coefficient (Wildman–Crippen LogP) is 2.78. The smallest absolute Gasteiger partial charge is 0.238 e. The molecule has 1 aromatic rings. The third-order valence-electron chi connectivity index (χ3n) is 5.00. The van der Waals surface area contributed by atoms with Crippen molar-refractivity contribution >= 4 is 17.3 Å². The van der Waals surface area contributed by atoms with E-state index < -0.39 is 0 Å². The predicted molar refractivity (Wildman–Crippen MR) is 86.2 cm³/mol. The molecule has 2 atom stereocenters. The van der Waals surface area contributed by atoms with Gasteiger partial charge in [0, 0.05) is 17.4 Å². The minimum Gasteiger partial charge on any atom is -0.399 e. The minimum absolute atomic E-state index is 0.0918. The SMILES string of the molecule is Cc1cc(N)ccc1NC(=O)CN1CCC2CCCCC21. The summed E-state index contributed by atoms with van der Waals surface area (Å²) < 4.78 is 0. The fourth-order valence-electron chi connectivity index (χ4n) is 3.90. The van der Waals surface area contributed by atoms with Gasteiger partial charge in [0.05, 0.1) is 6.54 Å². The molecule has 1 amide bonds. The van der Waals surface area contributed by atoms with Crippen LogP contribution in [0.15, 0.2) is 18.2 Å². The minimum atomic E-state index is 0.0918. The van der Waals surface area contributed by atoms with Gasteiger partial charge in [0.15, 0.2) is 0 Å². The molecule has 0 radical (unpaired) electrons. The standard InChI is InChI=1S/C17H25N3O/c1-12-10-14(18)6-7-15(12)19-17(21)11-20-9-8-13-4-2-3-5-16(13)20/h6-7,10,13,16H,2-5,8-9,11,18H2,1H3,(H,19,21). The fourth-order valence-corrected chi connectivity index (χ4v) is 3.90. The van der Waals surface area contributed by atoms with Crippen LogP contribution in [0.2, 0.25) is 0 Å². The van der Waals surface area contributed by atoms with Gasteiger partial charge in [-0.2, -0.15) is 0 Å². The van der Waals surface area contributed by atoms with Gasteiger partial charge >= 0.3 is 0 Å². The molecule has 0 bridgehead atoms. The van der Waals surface area contributed by atoms with Gasteiger partial charge in [0.1, 0.15) is 0 Å². The van der Waals surface area contributed by atoms with E-state index in [-0.39, 0.29) is 5.91 Å². The summed E-state index contributed by atoms with van der Waals surface area (Å²) in [5, 5.41) is 3.02. The molecule has 1 aromatic carbocycles. The molecule has 21 heavy (non-hydrogen) atoms. The van der Waals surface area contributed by atoms with E-state index in [0.29, 0.717) is 12.6 Å². The van der Waals surface area contributed by atoms with E-state index >= 15 is 0 Å². The number of nitrogens with zero attached hydrogens (tertiary/aromatic N) is 1. The highest BCUT2D eigenvalue weighted by Crippen LogP contribution is 2.35. The van der Waals surface area contributed by atoms with E-state index in [0.717, 1.165) is 29.4 Å². The van der Waals surface area contributed by atoms with Crippen molar-refractivity contribution < 1.29 is 4.79 Å². The Morgan fingerprint density at radius 3 is 2.95 bits per heavy atom. The molecule has 1 saturated heterocycles. The molecule has 1 heterocycles. The van der Waals surface area contributed by atoms with Crippen LogP contribution in [0.5, 0.6) is 0 Å². The Morgan fingerprint density at radius 2 is 2.14 bits per heavy atom. The van der Waals surface area contributed by atoms with Crippen molar-refractivity contribution in [3.8, 4) is 0 Å². The first kappa shape index (κ1) is 14.4. The fraction of sp³-hybridized carbons (Fsp3) is 0.588. The zero-order valence-corrected chi connectivity index (χ0v) is 12.8. The molecular formula is C17H25N3O. The lowest BCUT2D eigenvalue weighted by atomic mass is 9.85. The molecule has 2 aliphatic rings. The molecule has 3 rings (SSSR count). The van der Waals surface area contributed by atoms with Gasteiger partial charge in [0.25, 0.3) is 0 Å². The molecule has 1 saturated carbocycles. The largest absolute Gasteiger partial charge is 0.399 e. The number of carbonyl (C=O) groups is 1. The Morgan fingerprint density at radius 1 is 1.33 bits per heavy atom. The number of anilines is 2. The Balaban J connectivity index is 1.59. The maximum absolute atomic E-state index is 12.3. The number of carbonyl (C=O) groups excluding carboxylic acids is 1. The molecule has 1 aliphatic heterocycles. The molecule has 114 valence electrons. The Labute approximate surface area is 126 Å². The maximum Gasteiger partial charge on any atom is 0.238 e. The van der Waals surface area contributed by atoms with Gasteiger partial charge in [-0.3, -0.25) is 9.69 Å². The Hall–Kier alpha value is -1.55. The number of likely N-dealkylation sites (tertiary alicyclic amines) is 1. The van der Waals surface area contributed by atoms with E-state index in [9.17, 15) is 4.79 Å². The van der Waals surface area contributed by atoms with Gasteiger partial charge in [-0.05, 0) is 62.4 Å². The summed E-state index contributed by atoms with van der Waals surface area (Å²) in [5.41, 5.74) is 8.36. The molecular weight excluding hydrogens is 262 g/mol. The van der Waals surface area contributed by atoms with Crippen LogP contribution in [0.25, 0.3) is 0 Å². The number of aryl methyl sites for hydroxylation is 1. The Kier molecular flexibility index (Phi) is 4.15. The number of fused-ring (bicyclic) bond motifs is 1. The number of hydrogen-bond acceptors (Lipinski definition) is 3. The summed E-state index contributed by atoms with van der Waals surface area (Å²) in [6, 6.07) is 6.24. The van der Waals surface area contributed by atoms with Crippen LogP contribution in [0.1, 0.15) is 37.7 Å². The topological polar surface area (TPSA) is 58.4 Å². The molecule has 0 aromatic heterocycles. The first-order chi connectivity index (χ1) is 10.1. The van der Waals surface area contributed by atoms with E-state index in [1.807, 2.05) is 25.1 Å². The number of amides is 1. The highest BCUT2D eigenvalue weighted by atomic mass is 16.2. The van der Waals surface area contributed by atoms with E-state index in [1.165, 1.54) is 32.1 Å². The van der Waals surface area contributed by atoms with Crippen molar-refractivity contribution in [2.45, 2.75) is 45.1 Å². The molecule has 4 heteroatoms. The lowest BCUT2D eigenvalue weighted by Crippen LogP contribution is -2.39. The number of rotatable bonds is 3. The normalized spacial score (nSPS) is 25.6. The van der Waals surface area contributed by atoms with Crippen LogP contribution in [0.3, 0.4) is 0 Å². The number of nitrogens with one attached hydrogen (secondary N) is 1. The Bertz CT molecular complexity index is 529. The first-order valence-electron chi connectivity index (χ1n) is 8.03. The summed E-state index contributed by atoms with van der Waals surface area (Å²) >= 11 is 0. The number of benzene rings is 1. The second-order valence-electron chi connectivity index (χ2n) is 6.49. The lowest BCUT2D eigenvalue weighted by molar-refractivity contribution is -0.117. The van der Waals surface area contributed by atoms with E-state index in [1.54, 1.807) is 0 Å². The van der Waals surface area contributed by atoms with Crippen LogP contribution in [0, 0.1) is 12.8 Å². The monoisotopic (exact) mass is 287 g/mol. The quantitative estimate of drug-likeness (QED) is 0.840. The van der Waals surface area contributed by atoms with Gasteiger partial charge in [0.2, 0.25) is 5.91 Å². The van der Waals surface area contributed by atoms with Crippen LogP contribution in [0.4, 0.5) is 11.4 Å². The second-order valence-corrected chi connectivity index (χ2v) is 6.49. The molecule has 2 fully saturated rings. The van der Waals surface area contributed by atoms with Gasteiger partial charge in [-0.25, -0.2) is 0 Å². The van der Waals surface area contributed by atoms with Crippen molar-refractivity contribution in [3.63, 3.8) is 0 Å². The number of nitrogens with two attached hydrogens (primary N) is 1. The van der Waals surface area contributed by atoms with Crippen molar-refractivity contribution in [2.24, 2.45) is 5.92 Å². The lowest BCUT2D eigenvalue weighted by Gasteiger charge is -2.31. The van der Waals surface area contributed by atoms with Gasteiger partial charge in [-0.15, -0.1) is 0 Å². The molecule has 2 unspecified atom stereocenters. The third-order valence-corrected chi connectivity index (χ3v) is 5.00. The summed E-state index contributed by atoms with van der Waals surface area (Å²) in [5.74, 6) is 0.916.